The number of carboxylic acids is 1. The Morgan fingerprint density at radius 3 is 2.42 bits per heavy atom. The first kappa shape index (κ1) is 27.3. The number of carbonyl (C=O) groups is 1. The van der Waals surface area contributed by atoms with E-state index in [4.69, 9.17) is 10.5 Å². The molecule has 4 aromatic carbocycles. The molecular formula is C32H36N2O4. The van der Waals surface area contributed by atoms with E-state index < -0.39 is 12.1 Å². The minimum atomic E-state index is -1.05. The van der Waals surface area contributed by atoms with Crippen LogP contribution in [0.25, 0.3) is 21.9 Å². The molecule has 4 rings (SSSR count). The van der Waals surface area contributed by atoms with Gasteiger partial charge in [0, 0.05) is 17.8 Å². The van der Waals surface area contributed by atoms with Gasteiger partial charge in [-0.25, -0.2) is 4.79 Å². The number of benzene rings is 4. The molecule has 198 valence electrons. The van der Waals surface area contributed by atoms with Crippen molar-refractivity contribution in [3.63, 3.8) is 0 Å². The van der Waals surface area contributed by atoms with Crippen LogP contribution in [0.2, 0.25) is 0 Å². The van der Waals surface area contributed by atoms with Crippen molar-refractivity contribution in [2.75, 3.05) is 18.9 Å². The zero-order chi connectivity index (χ0) is 27.3. The third-order valence-corrected chi connectivity index (χ3v) is 6.81. The first-order chi connectivity index (χ1) is 18.1. The van der Waals surface area contributed by atoms with E-state index in [0.717, 1.165) is 23.1 Å². The SMILES string of the molecule is CC(OC[C@H](O)CNC(C)(C)Cc1ccc2ccccc2c1)c1ccccc1-c1ccc(C(=O)O)c(N)c1. The highest BCUT2D eigenvalue weighted by molar-refractivity contribution is 5.95. The van der Waals surface area contributed by atoms with E-state index in [9.17, 15) is 15.0 Å². The van der Waals surface area contributed by atoms with Gasteiger partial charge in [-0.15, -0.1) is 0 Å². The summed E-state index contributed by atoms with van der Waals surface area (Å²) < 4.78 is 6.06. The van der Waals surface area contributed by atoms with E-state index in [0.29, 0.717) is 6.54 Å². The van der Waals surface area contributed by atoms with Crippen molar-refractivity contribution in [2.45, 2.75) is 44.9 Å². The van der Waals surface area contributed by atoms with Crippen LogP contribution in [-0.4, -0.2) is 41.0 Å². The second-order valence-corrected chi connectivity index (χ2v) is 10.4. The third-order valence-electron chi connectivity index (χ3n) is 6.81. The number of nitrogen functional groups attached to an aromatic ring is 1. The second kappa shape index (κ2) is 11.8. The molecular weight excluding hydrogens is 476 g/mol. The van der Waals surface area contributed by atoms with Crippen LogP contribution in [0.4, 0.5) is 5.69 Å². The Hall–Kier alpha value is -3.71. The fraction of sp³-hybridized carbons (Fsp3) is 0.281. The number of anilines is 1. The van der Waals surface area contributed by atoms with Crippen molar-refractivity contribution < 1.29 is 19.7 Å². The Balaban J connectivity index is 1.34. The van der Waals surface area contributed by atoms with Crippen LogP contribution in [-0.2, 0) is 11.2 Å². The second-order valence-electron chi connectivity index (χ2n) is 10.4. The number of nitrogens with one attached hydrogen (secondary N) is 1. The fourth-order valence-electron chi connectivity index (χ4n) is 4.76. The van der Waals surface area contributed by atoms with Gasteiger partial charge in [-0.2, -0.15) is 0 Å². The molecule has 0 spiro atoms. The fourth-order valence-corrected chi connectivity index (χ4v) is 4.76. The standard InChI is InChI=1S/C32H36N2O4/c1-21(27-10-6-7-11-28(27)25-14-15-29(31(36)37)30(33)17-25)38-20-26(35)19-34-32(2,3)18-22-12-13-23-8-4-5-9-24(23)16-22/h4-17,21,26,34-35H,18-20,33H2,1-3H3,(H,36,37)/t21?,26-/m1/s1. The lowest BCUT2D eigenvalue weighted by Gasteiger charge is -2.28. The van der Waals surface area contributed by atoms with Crippen molar-refractivity contribution >= 4 is 22.4 Å². The monoisotopic (exact) mass is 512 g/mol. The van der Waals surface area contributed by atoms with Gasteiger partial charge in [0.15, 0.2) is 0 Å². The van der Waals surface area contributed by atoms with E-state index >= 15 is 0 Å². The molecule has 0 saturated heterocycles. The number of hydrogen-bond donors (Lipinski definition) is 4. The molecule has 0 aliphatic carbocycles. The molecule has 0 aliphatic heterocycles. The quantitative estimate of drug-likeness (QED) is 0.188. The Morgan fingerprint density at radius 2 is 1.68 bits per heavy atom. The molecule has 1 unspecified atom stereocenters. The lowest BCUT2D eigenvalue weighted by atomic mass is 9.93. The van der Waals surface area contributed by atoms with Crippen LogP contribution < -0.4 is 11.1 Å². The summed E-state index contributed by atoms with van der Waals surface area (Å²) in [6.07, 6.45) is -0.128. The molecule has 0 fully saturated rings. The number of aliphatic hydroxyl groups is 1. The summed E-state index contributed by atoms with van der Waals surface area (Å²) in [5.74, 6) is -1.05. The molecule has 0 aliphatic rings. The Kier molecular flexibility index (Phi) is 8.47. The Labute approximate surface area is 224 Å². The summed E-state index contributed by atoms with van der Waals surface area (Å²) >= 11 is 0. The van der Waals surface area contributed by atoms with Crippen molar-refractivity contribution in [3.8, 4) is 11.1 Å². The molecule has 0 aromatic heterocycles. The molecule has 2 atom stereocenters. The molecule has 38 heavy (non-hydrogen) atoms. The normalized spacial score (nSPS) is 13.4. The van der Waals surface area contributed by atoms with E-state index in [1.54, 1.807) is 12.1 Å². The summed E-state index contributed by atoms with van der Waals surface area (Å²) in [4.78, 5) is 11.3. The molecule has 0 saturated carbocycles. The van der Waals surface area contributed by atoms with Gasteiger partial charge in [0.1, 0.15) is 0 Å². The van der Waals surface area contributed by atoms with Crippen molar-refractivity contribution in [1.29, 1.82) is 0 Å². The van der Waals surface area contributed by atoms with Crippen LogP contribution in [0, 0.1) is 0 Å². The van der Waals surface area contributed by atoms with E-state index in [2.05, 4.69) is 55.6 Å². The highest BCUT2D eigenvalue weighted by Gasteiger charge is 2.21. The maximum absolute atomic E-state index is 11.3. The van der Waals surface area contributed by atoms with Gasteiger partial charge in [-0.1, -0.05) is 72.8 Å². The number of hydrogen-bond acceptors (Lipinski definition) is 5. The van der Waals surface area contributed by atoms with Crippen molar-refractivity contribution in [2.24, 2.45) is 0 Å². The number of β-amino-alcohol motifs (C(OH)–C–C–N with tert-alkyl or cyclic N) is 1. The summed E-state index contributed by atoms with van der Waals surface area (Å²) in [6, 6.07) is 27.6. The molecule has 0 heterocycles. The van der Waals surface area contributed by atoms with Gasteiger partial charge in [-0.3, -0.25) is 0 Å². The maximum atomic E-state index is 11.3. The molecule has 6 nitrogen and oxygen atoms in total. The summed E-state index contributed by atoms with van der Waals surface area (Å²) in [7, 11) is 0. The number of aliphatic hydroxyl groups excluding tert-OH is 1. The van der Waals surface area contributed by atoms with Gasteiger partial charge in [0.25, 0.3) is 0 Å². The smallest absolute Gasteiger partial charge is 0.337 e. The average Bonchev–Trinajstić information content (AvgIpc) is 2.90. The molecule has 5 N–H and O–H groups in total. The third kappa shape index (κ3) is 6.78. The number of nitrogens with two attached hydrogens (primary N) is 1. The summed E-state index contributed by atoms with van der Waals surface area (Å²) in [5.41, 5.74) is 9.97. The summed E-state index contributed by atoms with van der Waals surface area (Å²) in [6.45, 7) is 6.79. The first-order valence-corrected chi connectivity index (χ1v) is 12.9. The number of rotatable bonds is 11. The minimum Gasteiger partial charge on any atom is -0.478 e. The van der Waals surface area contributed by atoms with Gasteiger partial charge in [0.05, 0.1) is 24.4 Å². The lowest BCUT2D eigenvalue weighted by molar-refractivity contribution is -0.00397. The van der Waals surface area contributed by atoms with Gasteiger partial charge >= 0.3 is 5.97 Å². The lowest BCUT2D eigenvalue weighted by Crippen LogP contribution is -2.46. The predicted molar refractivity (Wildman–Crippen MR) is 153 cm³/mol. The molecule has 6 heteroatoms. The van der Waals surface area contributed by atoms with Gasteiger partial charge < -0.3 is 26.0 Å². The largest absolute Gasteiger partial charge is 0.478 e. The number of ether oxygens (including phenoxy) is 1. The molecule has 4 aromatic rings. The highest BCUT2D eigenvalue weighted by Crippen LogP contribution is 2.32. The highest BCUT2D eigenvalue weighted by atomic mass is 16.5. The predicted octanol–water partition coefficient (Wildman–Crippen LogP) is 5.84. The topological polar surface area (TPSA) is 105 Å². The molecule has 0 bridgehead atoms. The minimum absolute atomic E-state index is 0.0784. The average molecular weight is 513 g/mol. The molecule has 0 amide bonds. The number of carboxylic acid groups (broad SMARTS) is 1. The maximum Gasteiger partial charge on any atom is 0.337 e. The number of aromatic carboxylic acids is 1. The zero-order valence-corrected chi connectivity index (χ0v) is 22.1. The van der Waals surface area contributed by atoms with Crippen LogP contribution in [0.15, 0.2) is 84.9 Å². The van der Waals surface area contributed by atoms with Gasteiger partial charge in [-0.05, 0) is 72.4 Å². The Bertz CT molecular complexity index is 1420. The van der Waals surface area contributed by atoms with Crippen LogP contribution >= 0.6 is 0 Å². The van der Waals surface area contributed by atoms with Crippen LogP contribution in [0.3, 0.4) is 0 Å². The zero-order valence-electron chi connectivity index (χ0n) is 22.1. The van der Waals surface area contributed by atoms with Crippen molar-refractivity contribution in [1.82, 2.24) is 5.32 Å². The van der Waals surface area contributed by atoms with Crippen LogP contribution in [0.5, 0.6) is 0 Å². The van der Waals surface area contributed by atoms with Crippen LogP contribution in [0.1, 0.15) is 48.4 Å². The van der Waals surface area contributed by atoms with E-state index in [1.807, 2.05) is 37.3 Å². The molecule has 0 radical (unpaired) electrons. The first-order valence-electron chi connectivity index (χ1n) is 12.9. The van der Waals surface area contributed by atoms with E-state index in [1.165, 1.54) is 22.4 Å². The van der Waals surface area contributed by atoms with Gasteiger partial charge in [0.2, 0.25) is 0 Å². The summed E-state index contributed by atoms with van der Waals surface area (Å²) in [5, 5.41) is 25.9. The van der Waals surface area contributed by atoms with Crippen molar-refractivity contribution in [3.05, 3.63) is 102 Å². The number of fused-ring (bicyclic) bond motifs is 1. The Morgan fingerprint density at radius 1 is 0.974 bits per heavy atom. The van der Waals surface area contributed by atoms with E-state index in [-0.39, 0.29) is 29.5 Å².